The molecule has 100 valence electrons. The van der Waals surface area contributed by atoms with Crippen molar-refractivity contribution in [2.45, 2.75) is 19.0 Å². The number of amides is 1. The van der Waals surface area contributed by atoms with E-state index in [0.717, 1.165) is 4.90 Å². The predicted octanol–water partition coefficient (Wildman–Crippen LogP) is 0.796. The number of carbonyl (C=O) groups is 1. The van der Waals surface area contributed by atoms with Gasteiger partial charge in [-0.15, -0.1) is 0 Å². The van der Waals surface area contributed by atoms with Crippen LogP contribution in [0.3, 0.4) is 0 Å². The van der Waals surface area contributed by atoms with Gasteiger partial charge >= 0.3 is 12.1 Å². The van der Waals surface area contributed by atoms with Crippen LogP contribution in [-0.4, -0.2) is 55.0 Å². The summed E-state index contributed by atoms with van der Waals surface area (Å²) in [5.74, 6) is -1.59. The summed E-state index contributed by atoms with van der Waals surface area (Å²) < 4.78 is 41.5. The second-order valence-corrected chi connectivity index (χ2v) is 4.03. The first-order valence-electron chi connectivity index (χ1n) is 5.50. The lowest BCUT2D eigenvalue weighted by Gasteiger charge is -2.32. The third-order valence-corrected chi connectivity index (χ3v) is 2.73. The lowest BCUT2D eigenvalue weighted by molar-refractivity contribution is -0.186. The van der Waals surface area contributed by atoms with Crippen LogP contribution < -0.4 is 0 Å². The lowest BCUT2D eigenvalue weighted by Crippen LogP contribution is -2.45. The summed E-state index contributed by atoms with van der Waals surface area (Å²) in [6, 6.07) is 0. The maximum Gasteiger partial charge on any atom is 0.471 e. The number of halogens is 3. The molecule has 1 rings (SSSR count). The molecule has 7 heteroatoms. The Hall–Kier alpha value is -0.820. The molecule has 1 saturated heterocycles. The molecular weight excluding hydrogens is 239 g/mol. The maximum atomic E-state index is 12.1. The van der Waals surface area contributed by atoms with E-state index >= 15 is 0 Å². The van der Waals surface area contributed by atoms with E-state index in [2.05, 4.69) is 0 Å². The van der Waals surface area contributed by atoms with Gasteiger partial charge in [-0.1, -0.05) is 0 Å². The number of aliphatic hydroxyl groups excluding tert-OH is 1. The van der Waals surface area contributed by atoms with Gasteiger partial charge in [-0.3, -0.25) is 4.79 Å². The van der Waals surface area contributed by atoms with Crippen molar-refractivity contribution in [3.63, 3.8) is 0 Å². The van der Waals surface area contributed by atoms with E-state index in [1.807, 2.05) is 0 Å². The molecule has 0 aliphatic carbocycles. The van der Waals surface area contributed by atoms with Gasteiger partial charge in [0, 0.05) is 19.7 Å². The fraction of sp³-hybridized carbons (Fsp3) is 0.900. The topological polar surface area (TPSA) is 49.8 Å². The van der Waals surface area contributed by atoms with E-state index in [-0.39, 0.29) is 32.2 Å². The van der Waals surface area contributed by atoms with Crippen LogP contribution in [0.4, 0.5) is 13.2 Å². The monoisotopic (exact) mass is 255 g/mol. The molecule has 0 bridgehead atoms. The molecule has 17 heavy (non-hydrogen) atoms. The Balaban J connectivity index is 2.28. The number of carbonyl (C=O) groups excluding carboxylic acids is 1. The number of hydrogen-bond donors (Lipinski definition) is 1. The fourth-order valence-electron chi connectivity index (χ4n) is 1.80. The van der Waals surface area contributed by atoms with Gasteiger partial charge < -0.3 is 14.7 Å². The van der Waals surface area contributed by atoms with E-state index in [4.69, 9.17) is 9.84 Å². The molecule has 1 N–H and O–H groups in total. The first kappa shape index (κ1) is 14.2. The SMILES string of the molecule is O=C(N1CCC(COCCO)CC1)C(F)(F)F. The molecule has 0 spiro atoms. The molecular formula is C10H16F3NO3. The fourth-order valence-corrected chi connectivity index (χ4v) is 1.80. The van der Waals surface area contributed by atoms with Crippen molar-refractivity contribution in [1.29, 1.82) is 0 Å². The van der Waals surface area contributed by atoms with E-state index in [0.29, 0.717) is 19.4 Å². The highest BCUT2D eigenvalue weighted by molar-refractivity contribution is 5.81. The molecule has 1 heterocycles. The van der Waals surface area contributed by atoms with Gasteiger partial charge in [0.1, 0.15) is 0 Å². The van der Waals surface area contributed by atoms with Crippen molar-refractivity contribution in [1.82, 2.24) is 4.90 Å². The van der Waals surface area contributed by atoms with Crippen LogP contribution in [0.1, 0.15) is 12.8 Å². The lowest BCUT2D eigenvalue weighted by atomic mass is 9.98. The summed E-state index contributed by atoms with van der Waals surface area (Å²) >= 11 is 0. The second-order valence-electron chi connectivity index (χ2n) is 4.03. The highest BCUT2D eigenvalue weighted by Gasteiger charge is 2.43. The number of alkyl halides is 3. The smallest absolute Gasteiger partial charge is 0.394 e. The zero-order valence-electron chi connectivity index (χ0n) is 9.37. The largest absolute Gasteiger partial charge is 0.471 e. The minimum atomic E-state index is -4.78. The zero-order valence-corrected chi connectivity index (χ0v) is 9.37. The van der Waals surface area contributed by atoms with Gasteiger partial charge in [-0.25, -0.2) is 0 Å². The third kappa shape index (κ3) is 4.51. The first-order chi connectivity index (χ1) is 7.95. The van der Waals surface area contributed by atoms with Crippen molar-refractivity contribution in [2.75, 3.05) is 32.9 Å². The summed E-state index contributed by atoms with van der Waals surface area (Å²) in [5, 5.41) is 8.50. The van der Waals surface area contributed by atoms with Crippen molar-refractivity contribution < 1.29 is 27.8 Å². The van der Waals surface area contributed by atoms with E-state index < -0.39 is 12.1 Å². The quantitative estimate of drug-likeness (QED) is 0.756. The van der Waals surface area contributed by atoms with Crippen LogP contribution in [0.2, 0.25) is 0 Å². The number of hydrogen-bond acceptors (Lipinski definition) is 3. The molecule has 1 amide bonds. The number of likely N-dealkylation sites (tertiary alicyclic amines) is 1. The van der Waals surface area contributed by atoms with Gasteiger partial charge in [0.15, 0.2) is 0 Å². The molecule has 1 aliphatic heterocycles. The van der Waals surface area contributed by atoms with Crippen molar-refractivity contribution >= 4 is 5.91 Å². The van der Waals surface area contributed by atoms with Crippen molar-refractivity contribution in [2.24, 2.45) is 5.92 Å². The van der Waals surface area contributed by atoms with Crippen LogP contribution >= 0.6 is 0 Å². The highest BCUT2D eigenvalue weighted by Crippen LogP contribution is 2.23. The van der Waals surface area contributed by atoms with Gasteiger partial charge in [0.25, 0.3) is 0 Å². The van der Waals surface area contributed by atoms with E-state index in [1.165, 1.54) is 0 Å². The van der Waals surface area contributed by atoms with Crippen molar-refractivity contribution in [3.8, 4) is 0 Å². The summed E-state index contributed by atoms with van der Waals surface area (Å²) in [7, 11) is 0. The Morgan fingerprint density at radius 3 is 2.41 bits per heavy atom. The van der Waals surface area contributed by atoms with E-state index in [1.54, 1.807) is 0 Å². The van der Waals surface area contributed by atoms with Crippen LogP contribution in [0.25, 0.3) is 0 Å². The minimum Gasteiger partial charge on any atom is -0.394 e. The summed E-state index contributed by atoms with van der Waals surface area (Å²) in [5.41, 5.74) is 0. The Labute approximate surface area is 97.3 Å². The summed E-state index contributed by atoms with van der Waals surface area (Å²) in [6.07, 6.45) is -3.76. The Morgan fingerprint density at radius 1 is 1.35 bits per heavy atom. The van der Waals surface area contributed by atoms with Gasteiger partial charge in [0.2, 0.25) is 0 Å². The average molecular weight is 255 g/mol. The molecule has 1 aliphatic rings. The zero-order chi connectivity index (χ0) is 12.9. The Bertz CT molecular complexity index is 250. The van der Waals surface area contributed by atoms with Gasteiger partial charge in [-0.05, 0) is 18.8 Å². The molecule has 0 radical (unpaired) electrons. The van der Waals surface area contributed by atoms with Crippen LogP contribution in [0.15, 0.2) is 0 Å². The summed E-state index contributed by atoms with van der Waals surface area (Å²) in [6.45, 7) is 0.832. The van der Waals surface area contributed by atoms with Crippen LogP contribution in [-0.2, 0) is 9.53 Å². The molecule has 0 aromatic rings. The number of rotatable bonds is 4. The Kier molecular flexibility index (Phi) is 5.20. The maximum absolute atomic E-state index is 12.1. The number of ether oxygens (including phenoxy) is 1. The molecule has 0 atom stereocenters. The Morgan fingerprint density at radius 2 is 1.94 bits per heavy atom. The second kappa shape index (κ2) is 6.20. The molecule has 0 aromatic carbocycles. The molecule has 0 saturated carbocycles. The highest BCUT2D eigenvalue weighted by atomic mass is 19.4. The van der Waals surface area contributed by atoms with Gasteiger partial charge in [0.05, 0.1) is 13.2 Å². The normalized spacial score (nSPS) is 18.5. The van der Waals surface area contributed by atoms with Crippen LogP contribution in [0, 0.1) is 5.92 Å². The standard InChI is InChI=1S/C10H16F3NO3/c11-10(12,13)9(16)14-3-1-8(2-4-14)7-17-6-5-15/h8,15H,1-7H2. The molecule has 1 fully saturated rings. The number of nitrogens with zero attached hydrogens (tertiary/aromatic N) is 1. The van der Waals surface area contributed by atoms with E-state index in [9.17, 15) is 18.0 Å². The molecule has 0 aromatic heterocycles. The number of piperidine rings is 1. The average Bonchev–Trinajstić information content (AvgIpc) is 2.28. The predicted molar refractivity (Wildman–Crippen MR) is 53.3 cm³/mol. The third-order valence-electron chi connectivity index (χ3n) is 2.73. The molecule has 4 nitrogen and oxygen atoms in total. The number of aliphatic hydroxyl groups is 1. The van der Waals surface area contributed by atoms with Crippen LogP contribution in [0.5, 0.6) is 0 Å². The van der Waals surface area contributed by atoms with Gasteiger partial charge in [-0.2, -0.15) is 13.2 Å². The summed E-state index contributed by atoms with van der Waals surface area (Å²) in [4.78, 5) is 11.8. The minimum absolute atomic E-state index is 0.0641. The first-order valence-corrected chi connectivity index (χ1v) is 5.50. The molecule has 0 unspecified atom stereocenters. The van der Waals surface area contributed by atoms with Crippen molar-refractivity contribution in [3.05, 3.63) is 0 Å².